The number of nitrogens with two attached hydrogens (primary N) is 1. The lowest BCUT2D eigenvalue weighted by Gasteiger charge is -2.12. The van der Waals surface area contributed by atoms with E-state index in [2.05, 4.69) is 0 Å². The summed E-state index contributed by atoms with van der Waals surface area (Å²) in [6.07, 6.45) is -0.226. The highest BCUT2D eigenvalue weighted by molar-refractivity contribution is 6.43. The predicted molar refractivity (Wildman–Crippen MR) is 60.7 cm³/mol. The summed E-state index contributed by atoms with van der Waals surface area (Å²) >= 11 is 17.4. The summed E-state index contributed by atoms with van der Waals surface area (Å²) in [5.74, 6) is -1.00. The molecule has 1 aromatic rings. The van der Waals surface area contributed by atoms with Crippen molar-refractivity contribution in [3.63, 3.8) is 0 Å². The Balaban J connectivity index is 3.07. The molecule has 0 aliphatic carbocycles. The quantitative estimate of drug-likeness (QED) is 0.828. The van der Waals surface area contributed by atoms with Gasteiger partial charge in [-0.05, 0) is 17.7 Å². The van der Waals surface area contributed by atoms with Crippen molar-refractivity contribution in [1.29, 1.82) is 0 Å². The van der Waals surface area contributed by atoms with Crippen molar-refractivity contribution in [3.8, 4) is 0 Å². The summed E-state index contributed by atoms with van der Waals surface area (Å²) in [6, 6.07) is 2.28. The smallest absolute Gasteiger partial charge is 0.305 e. The molecule has 0 unspecified atom stereocenters. The number of benzene rings is 1. The van der Waals surface area contributed by atoms with Crippen molar-refractivity contribution in [2.45, 2.75) is 12.5 Å². The highest BCUT2D eigenvalue weighted by Crippen LogP contribution is 2.33. The van der Waals surface area contributed by atoms with Gasteiger partial charge in [-0.2, -0.15) is 0 Å². The van der Waals surface area contributed by atoms with Gasteiger partial charge >= 0.3 is 5.97 Å². The van der Waals surface area contributed by atoms with Crippen LogP contribution in [0.5, 0.6) is 0 Å². The zero-order valence-electron chi connectivity index (χ0n) is 7.51. The summed E-state index contributed by atoms with van der Waals surface area (Å²) in [5.41, 5.74) is 6.09. The number of carbonyl (C=O) groups is 1. The van der Waals surface area contributed by atoms with Crippen molar-refractivity contribution >= 4 is 40.8 Å². The molecule has 0 aliphatic rings. The zero-order chi connectivity index (χ0) is 11.6. The molecule has 0 fully saturated rings. The fraction of sp³-hybridized carbons (Fsp3) is 0.222. The Morgan fingerprint density at radius 3 is 2.53 bits per heavy atom. The third-order valence-corrected chi connectivity index (χ3v) is 2.85. The van der Waals surface area contributed by atoms with E-state index in [9.17, 15) is 4.79 Å². The van der Waals surface area contributed by atoms with Gasteiger partial charge in [-0.15, -0.1) is 0 Å². The Bertz CT molecular complexity index is 395. The Kier molecular flexibility index (Phi) is 4.22. The van der Waals surface area contributed by atoms with Crippen LogP contribution in [0.25, 0.3) is 0 Å². The van der Waals surface area contributed by atoms with E-state index in [4.69, 9.17) is 45.6 Å². The van der Waals surface area contributed by atoms with Crippen LogP contribution in [0.1, 0.15) is 18.0 Å². The predicted octanol–water partition coefficient (Wildman–Crippen LogP) is 3.12. The molecule has 0 aliphatic heterocycles. The van der Waals surface area contributed by atoms with E-state index in [0.717, 1.165) is 0 Å². The van der Waals surface area contributed by atoms with Gasteiger partial charge in [0.25, 0.3) is 0 Å². The largest absolute Gasteiger partial charge is 0.481 e. The maximum Gasteiger partial charge on any atom is 0.305 e. The lowest BCUT2D eigenvalue weighted by Crippen LogP contribution is -2.15. The Labute approximate surface area is 102 Å². The monoisotopic (exact) mass is 267 g/mol. The normalized spacial score (nSPS) is 12.5. The van der Waals surface area contributed by atoms with Crippen molar-refractivity contribution in [1.82, 2.24) is 0 Å². The van der Waals surface area contributed by atoms with Crippen molar-refractivity contribution in [2.75, 3.05) is 0 Å². The molecule has 1 rings (SSSR count). The SMILES string of the molecule is N[C@H](CC(=O)O)c1cc(Cl)cc(Cl)c1Cl. The topological polar surface area (TPSA) is 63.3 Å². The molecule has 0 bridgehead atoms. The Morgan fingerprint density at radius 1 is 1.40 bits per heavy atom. The van der Waals surface area contributed by atoms with Gasteiger partial charge < -0.3 is 10.8 Å². The second-order valence-corrected chi connectivity index (χ2v) is 4.22. The van der Waals surface area contributed by atoms with E-state index >= 15 is 0 Å². The summed E-state index contributed by atoms with van der Waals surface area (Å²) in [7, 11) is 0. The van der Waals surface area contributed by atoms with Gasteiger partial charge in [0.05, 0.1) is 16.5 Å². The minimum Gasteiger partial charge on any atom is -0.481 e. The van der Waals surface area contributed by atoms with Crippen LogP contribution in [0.2, 0.25) is 15.1 Å². The minimum absolute atomic E-state index is 0.226. The van der Waals surface area contributed by atoms with Crippen molar-refractivity contribution < 1.29 is 9.90 Å². The Hall–Kier alpha value is -0.480. The van der Waals surface area contributed by atoms with E-state index in [1.54, 1.807) is 0 Å². The first-order valence-corrected chi connectivity index (χ1v) is 5.17. The molecule has 0 radical (unpaired) electrons. The highest BCUT2D eigenvalue weighted by atomic mass is 35.5. The number of hydrogen-bond donors (Lipinski definition) is 2. The summed E-state index contributed by atoms with van der Waals surface area (Å²) in [4.78, 5) is 10.5. The average Bonchev–Trinajstić information content (AvgIpc) is 2.09. The van der Waals surface area contributed by atoms with Crippen LogP contribution < -0.4 is 5.73 Å². The molecule has 0 saturated carbocycles. The number of rotatable bonds is 3. The first-order valence-electron chi connectivity index (χ1n) is 4.03. The molecular formula is C9H8Cl3NO2. The molecule has 1 aromatic carbocycles. The molecule has 0 saturated heterocycles. The first-order chi connectivity index (χ1) is 6.91. The van der Waals surface area contributed by atoms with Gasteiger partial charge in [0.15, 0.2) is 0 Å². The van der Waals surface area contributed by atoms with E-state index < -0.39 is 12.0 Å². The lowest BCUT2D eigenvalue weighted by molar-refractivity contribution is -0.137. The molecule has 82 valence electrons. The van der Waals surface area contributed by atoms with Crippen LogP contribution in [0.4, 0.5) is 0 Å². The van der Waals surface area contributed by atoms with Crippen LogP contribution in [-0.2, 0) is 4.79 Å². The van der Waals surface area contributed by atoms with Crippen molar-refractivity contribution in [3.05, 3.63) is 32.8 Å². The van der Waals surface area contributed by atoms with Gasteiger partial charge in [0.2, 0.25) is 0 Å². The molecular weight excluding hydrogens is 260 g/mol. The maximum atomic E-state index is 10.5. The van der Waals surface area contributed by atoms with E-state index in [-0.39, 0.29) is 16.5 Å². The average molecular weight is 269 g/mol. The number of carboxylic acid groups (broad SMARTS) is 1. The number of carboxylic acids is 1. The number of halogens is 3. The molecule has 1 atom stereocenters. The Morgan fingerprint density at radius 2 is 2.00 bits per heavy atom. The first kappa shape index (κ1) is 12.6. The van der Waals surface area contributed by atoms with Crippen LogP contribution >= 0.6 is 34.8 Å². The standard InChI is InChI=1S/C9H8Cl3NO2/c10-4-1-5(7(13)3-8(14)15)9(12)6(11)2-4/h1-2,7H,3,13H2,(H,14,15)/t7-/m1/s1. The zero-order valence-corrected chi connectivity index (χ0v) is 9.77. The van der Waals surface area contributed by atoms with Gasteiger partial charge in [-0.3, -0.25) is 4.79 Å². The second kappa shape index (κ2) is 5.03. The molecule has 6 heteroatoms. The molecule has 3 N–H and O–H groups in total. The summed E-state index contributed by atoms with van der Waals surface area (Å²) in [6.45, 7) is 0. The molecule has 15 heavy (non-hydrogen) atoms. The highest BCUT2D eigenvalue weighted by Gasteiger charge is 2.16. The molecule has 3 nitrogen and oxygen atoms in total. The number of aliphatic carboxylic acids is 1. The van der Waals surface area contributed by atoms with Crippen LogP contribution in [0.3, 0.4) is 0 Å². The van der Waals surface area contributed by atoms with Gasteiger partial charge in [-0.25, -0.2) is 0 Å². The third kappa shape index (κ3) is 3.24. The van der Waals surface area contributed by atoms with Crippen LogP contribution in [0.15, 0.2) is 12.1 Å². The minimum atomic E-state index is -1.00. The van der Waals surface area contributed by atoms with Gasteiger partial charge in [0.1, 0.15) is 0 Å². The summed E-state index contributed by atoms with van der Waals surface area (Å²) in [5, 5.41) is 9.47. The summed E-state index contributed by atoms with van der Waals surface area (Å²) < 4.78 is 0. The van der Waals surface area contributed by atoms with Crippen LogP contribution in [-0.4, -0.2) is 11.1 Å². The van der Waals surface area contributed by atoms with Crippen molar-refractivity contribution in [2.24, 2.45) is 5.73 Å². The van der Waals surface area contributed by atoms with E-state index in [1.807, 2.05) is 0 Å². The van der Waals surface area contributed by atoms with Gasteiger partial charge in [-0.1, -0.05) is 34.8 Å². The lowest BCUT2D eigenvalue weighted by atomic mass is 10.0. The second-order valence-electron chi connectivity index (χ2n) is 3.00. The third-order valence-electron chi connectivity index (χ3n) is 1.82. The van der Waals surface area contributed by atoms with Crippen LogP contribution in [0, 0.1) is 0 Å². The molecule has 0 aromatic heterocycles. The van der Waals surface area contributed by atoms with E-state index in [1.165, 1.54) is 12.1 Å². The van der Waals surface area contributed by atoms with Gasteiger partial charge in [0, 0.05) is 11.1 Å². The molecule has 0 amide bonds. The molecule has 0 spiro atoms. The fourth-order valence-electron chi connectivity index (χ4n) is 1.14. The fourth-order valence-corrected chi connectivity index (χ4v) is 1.90. The van der Waals surface area contributed by atoms with E-state index in [0.29, 0.717) is 10.6 Å². The molecule has 0 heterocycles. The number of hydrogen-bond acceptors (Lipinski definition) is 2. The maximum absolute atomic E-state index is 10.5.